The molecule has 0 amide bonds. The third-order valence-electron chi connectivity index (χ3n) is 3.67. The molecular weight excluding hydrogens is 354 g/mol. The SMILES string of the molecule is O=C(O)c1ccc(N=Cc2c(O)n(-c3ccccc3)c(=O)[nH]c2=O)cc1[O-]. The summed E-state index contributed by atoms with van der Waals surface area (Å²) in [4.78, 5) is 40.9. The third kappa shape index (κ3) is 3.47. The van der Waals surface area contributed by atoms with Crippen molar-refractivity contribution in [2.24, 2.45) is 4.99 Å². The molecule has 1 heterocycles. The van der Waals surface area contributed by atoms with Gasteiger partial charge in [-0.15, -0.1) is 0 Å². The Bertz CT molecular complexity index is 1160. The number of hydrogen-bond acceptors (Lipinski definition) is 6. The van der Waals surface area contributed by atoms with E-state index in [0.29, 0.717) is 5.69 Å². The zero-order chi connectivity index (χ0) is 19.6. The summed E-state index contributed by atoms with van der Waals surface area (Å²) in [7, 11) is 0. The maximum Gasteiger partial charge on any atom is 0.335 e. The van der Waals surface area contributed by atoms with Crippen LogP contribution in [0.3, 0.4) is 0 Å². The van der Waals surface area contributed by atoms with Gasteiger partial charge in [0.1, 0.15) is 5.56 Å². The van der Waals surface area contributed by atoms with E-state index in [4.69, 9.17) is 5.11 Å². The van der Waals surface area contributed by atoms with Crippen molar-refractivity contribution in [2.45, 2.75) is 0 Å². The van der Waals surface area contributed by atoms with E-state index >= 15 is 0 Å². The van der Waals surface area contributed by atoms with E-state index in [-0.39, 0.29) is 11.3 Å². The summed E-state index contributed by atoms with van der Waals surface area (Å²) in [5.41, 5.74) is -1.98. The van der Waals surface area contributed by atoms with Gasteiger partial charge in [-0.1, -0.05) is 23.9 Å². The van der Waals surface area contributed by atoms with Crippen molar-refractivity contribution in [1.82, 2.24) is 9.55 Å². The second-order valence-electron chi connectivity index (χ2n) is 5.41. The fourth-order valence-corrected chi connectivity index (χ4v) is 2.38. The van der Waals surface area contributed by atoms with Crippen LogP contribution in [0, 0.1) is 0 Å². The van der Waals surface area contributed by atoms with E-state index in [2.05, 4.69) is 9.98 Å². The van der Waals surface area contributed by atoms with Crippen LogP contribution < -0.4 is 16.4 Å². The van der Waals surface area contributed by atoms with Gasteiger partial charge < -0.3 is 15.3 Å². The van der Waals surface area contributed by atoms with Crippen LogP contribution in [0.15, 0.2) is 63.1 Å². The molecule has 0 saturated heterocycles. The first-order chi connectivity index (χ1) is 12.9. The number of aromatic nitrogens is 2. The molecule has 0 aliphatic rings. The fraction of sp³-hybridized carbons (Fsp3) is 0. The molecule has 3 aromatic rings. The average molecular weight is 366 g/mol. The number of hydrogen-bond donors (Lipinski definition) is 3. The van der Waals surface area contributed by atoms with Crippen LogP contribution in [-0.4, -0.2) is 31.9 Å². The topological polar surface area (TPSA) is 148 Å². The number of H-pyrrole nitrogens is 1. The normalized spacial score (nSPS) is 11.0. The first-order valence-corrected chi connectivity index (χ1v) is 7.60. The van der Waals surface area contributed by atoms with Crippen LogP contribution in [0.25, 0.3) is 5.69 Å². The van der Waals surface area contributed by atoms with Crippen molar-refractivity contribution in [3.8, 4) is 17.3 Å². The lowest BCUT2D eigenvalue weighted by atomic mass is 10.2. The minimum Gasteiger partial charge on any atom is -0.872 e. The Balaban J connectivity index is 2.07. The first kappa shape index (κ1) is 17.7. The highest BCUT2D eigenvalue weighted by Gasteiger charge is 2.14. The number of nitrogens with zero attached hydrogens (tertiary/aromatic N) is 2. The summed E-state index contributed by atoms with van der Waals surface area (Å²) in [6, 6.07) is 11.5. The van der Waals surface area contributed by atoms with Gasteiger partial charge in [-0.05, 0) is 30.3 Å². The molecule has 9 nitrogen and oxygen atoms in total. The lowest BCUT2D eigenvalue weighted by Gasteiger charge is -2.10. The number of carboxylic acids is 1. The molecule has 3 rings (SSSR count). The number of aromatic hydroxyl groups is 1. The first-order valence-electron chi connectivity index (χ1n) is 7.60. The molecule has 0 atom stereocenters. The smallest absolute Gasteiger partial charge is 0.335 e. The maximum atomic E-state index is 12.0. The van der Waals surface area contributed by atoms with E-state index in [1.807, 2.05) is 0 Å². The Kier molecular flexibility index (Phi) is 4.58. The van der Waals surface area contributed by atoms with E-state index in [1.54, 1.807) is 30.3 Å². The molecule has 0 fully saturated rings. The molecule has 0 aliphatic carbocycles. The van der Waals surface area contributed by atoms with Crippen LogP contribution in [0.4, 0.5) is 5.69 Å². The lowest BCUT2D eigenvalue weighted by molar-refractivity contribution is -0.268. The predicted molar refractivity (Wildman–Crippen MR) is 94.4 cm³/mol. The summed E-state index contributed by atoms with van der Waals surface area (Å²) < 4.78 is 0.898. The molecule has 0 spiro atoms. The van der Waals surface area contributed by atoms with Crippen molar-refractivity contribution < 1.29 is 20.1 Å². The predicted octanol–water partition coefficient (Wildman–Crippen LogP) is 0.754. The minimum atomic E-state index is -1.36. The second-order valence-corrected chi connectivity index (χ2v) is 5.41. The molecule has 3 N–H and O–H groups in total. The average Bonchev–Trinajstić information content (AvgIpc) is 2.62. The van der Waals surface area contributed by atoms with Gasteiger partial charge in [0.05, 0.1) is 16.9 Å². The van der Waals surface area contributed by atoms with E-state index in [1.165, 1.54) is 6.07 Å². The number of aromatic carboxylic acids is 1. The summed E-state index contributed by atoms with van der Waals surface area (Å²) in [5.74, 6) is -2.73. The number of benzene rings is 2. The number of carbonyl (C=O) groups is 1. The van der Waals surface area contributed by atoms with E-state index in [9.17, 15) is 24.6 Å². The van der Waals surface area contributed by atoms with Crippen molar-refractivity contribution >= 4 is 17.9 Å². The molecule has 9 heteroatoms. The molecule has 0 saturated carbocycles. The Morgan fingerprint density at radius 3 is 2.48 bits per heavy atom. The summed E-state index contributed by atoms with van der Waals surface area (Å²) in [6.45, 7) is 0. The Labute approximate surface area is 151 Å². The molecule has 0 bridgehead atoms. The van der Waals surface area contributed by atoms with Crippen LogP contribution >= 0.6 is 0 Å². The summed E-state index contributed by atoms with van der Waals surface area (Å²) >= 11 is 0. The van der Waals surface area contributed by atoms with Crippen molar-refractivity contribution in [1.29, 1.82) is 0 Å². The lowest BCUT2D eigenvalue weighted by Crippen LogP contribution is -2.31. The van der Waals surface area contributed by atoms with Gasteiger partial charge in [0.15, 0.2) is 0 Å². The molecule has 0 aliphatic heterocycles. The van der Waals surface area contributed by atoms with E-state index < -0.39 is 34.4 Å². The van der Waals surface area contributed by atoms with Crippen LogP contribution in [-0.2, 0) is 0 Å². The van der Waals surface area contributed by atoms with Crippen molar-refractivity contribution in [3.05, 3.63) is 80.5 Å². The Morgan fingerprint density at radius 1 is 1.15 bits per heavy atom. The number of aliphatic imine (C=N–C) groups is 1. The third-order valence-corrected chi connectivity index (χ3v) is 3.67. The Hall–Kier alpha value is -4.14. The van der Waals surface area contributed by atoms with Gasteiger partial charge in [0.25, 0.3) is 5.56 Å². The second kappa shape index (κ2) is 7.00. The standard InChI is InChI=1S/C18H13N3O6/c22-14-8-10(6-7-12(14)17(25)26)19-9-13-15(23)20-18(27)21(16(13)24)11-4-2-1-3-5-11/h1-9,22,24H,(H,25,26)(H,20,23,27)/p-1. The van der Waals surface area contributed by atoms with Crippen molar-refractivity contribution in [2.75, 3.05) is 0 Å². The molecular formula is C18H12N3O6-. The maximum absolute atomic E-state index is 12.0. The molecule has 136 valence electrons. The van der Waals surface area contributed by atoms with Gasteiger partial charge in [0.2, 0.25) is 5.88 Å². The zero-order valence-electron chi connectivity index (χ0n) is 13.6. The number of para-hydroxylation sites is 1. The van der Waals surface area contributed by atoms with Crippen LogP contribution in [0.5, 0.6) is 11.6 Å². The monoisotopic (exact) mass is 366 g/mol. The number of carboxylic acid groups (broad SMARTS) is 1. The van der Waals surface area contributed by atoms with Gasteiger partial charge in [-0.25, -0.2) is 14.2 Å². The van der Waals surface area contributed by atoms with Crippen LogP contribution in [0.2, 0.25) is 0 Å². The summed E-state index contributed by atoms with van der Waals surface area (Å²) in [5, 5.41) is 30.9. The molecule has 1 aromatic heterocycles. The quantitative estimate of drug-likeness (QED) is 0.580. The van der Waals surface area contributed by atoms with Crippen LogP contribution in [0.1, 0.15) is 15.9 Å². The number of nitrogens with one attached hydrogen (secondary N) is 1. The largest absolute Gasteiger partial charge is 0.872 e. The van der Waals surface area contributed by atoms with Gasteiger partial charge in [-0.3, -0.25) is 14.8 Å². The molecule has 2 aromatic carbocycles. The van der Waals surface area contributed by atoms with Gasteiger partial charge in [-0.2, -0.15) is 0 Å². The van der Waals surface area contributed by atoms with Gasteiger partial charge >= 0.3 is 11.7 Å². The van der Waals surface area contributed by atoms with Gasteiger partial charge in [0, 0.05) is 6.21 Å². The number of aromatic amines is 1. The Morgan fingerprint density at radius 2 is 1.85 bits per heavy atom. The number of rotatable bonds is 4. The molecule has 0 unspecified atom stereocenters. The minimum absolute atomic E-state index is 0.0845. The molecule has 0 radical (unpaired) electrons. The van der Waals surface area contributed by atoms with E-state index in [0.717, 1.165) is 22.9 Å². The highest BCUT2D eigenvalue weighted by molar-refractivity contribution is 5.91. The fourth-order valence-electron chi connectivity index (χ4n) is 2.38. The zero-order valence-corrected chi connectivity index (χ0v) is 13.6. The highest BCUT2D eigenvalue weighted by atomic mass is 16.4. The van der Waals surface area contributed by atoms with Crippen molar-refractivity contribution in [3.63, 3.8) is 0 Å². The molecule has 27 heavy (non-hydrogen) atoms. The summed E-state index contributed by atoms with van der Waals surface area (Å²) in [6.07, 6.45) is 0.988. The highest BCUT2D eigenvalue weighted by Crippen LogP contribution is 2.22.